The molecule has 1 unspecified atom stereocenters. The van der Waals surface area contributed by atoms with Crippen LogP contribution >= 0.6 is 0 Å². The van der Waals surface area contributed by atoms with E-state index in [2.05, 4.69) is 36.1 Å². The van der Waals surface area contributed by atoms with Gasteiger partial charge in [-0.2, -0.15) is 0 Å². The summed E-state index contributed by atoms with van der Waals surface area (Å²) in [5.74, 6) is -0.712. The van der Waals surface area contributed by atoms with Gasteiger partial charge in [0, 0.05) is 44.5 Å². The van der Waals surface area contributed by atoms with Crippen molar-refractivity contribution in [2.75, 3.05) is 46.2 Å². The number of anilines is 1. The van der Waals surface area contributed by atoms with Crippen molar-refractivity contribution in [3.8, 4) is 0 Å². The molecular weight excluding hydrogens is 532 g/mol. The zero-order valence-electron chi connectivity index (χ0n) is 25.8. The minimum absolute atomic E-state index is 0.0215. The van der Waals surface area contributed by atoms with Crippen LogP contribution in [0, 0.1) is 17.3 Å². The maximum absolute atomic E-state index is 13.9. The fourth-order valence-electron chi connectivity index (χ4n) is 8.42. The number of carbonyl (C=O) groups is 4. The van der Waals surface area contributed by atoms with Crippen LogP contribution in [0.3, 0.4) is 0 Å². The molecule has 226 valence electrons. The van der Waals surface area contributed by atoms with Gasteiger partial charge in [0.15, 0.2) is 18.0 Å². The Hall–Kier alpha value is -3.26. The van der Waals surface area contributed by atoms with E-state index in [9.17, 15) is 19.2 Å². The number of hydrogen-bond acceptors (Lipinski definition) is 8. The molecule has 0 radical (unpaired) electrons. The van der Waals surface area contributed by atoms with Crippen molar-refractivity contribution in [2.45, 2.75) is 70.3 Å². The third kappa shape index (κ3) is 5.23. The Morgan fingerprint density at radius 1 is 1.00 bits per heavy atom. The molecule has 0 amide bonds. The molecule has 0 bridgehead atoms. The maximum atomic E-state index is 13.9. The first-order valence-corrected chi connectivity index (χ1v) is 15.1. The van der Waals surface area contributed by atoms with Crippen molar-refractivity contribution < 1.29 is 28.7 Å². The van der Waals surface area contributed by atoms with Crippen LogP contribution in [0.2, 0.25) is 0 Å². The summed E-state index contributed by atoms with van der Waals surface area (Å²) in [6, 6.07) is 8.53. The molecule has 4 aliphatic rings. The van der Waals surface area contributed by atoms with Gasteiger partial charge in [-0.1, -0.05) is 24.6 Å². The molecule has 0 N–H and O–H groups in total. The Morgan fingerprint density at radius 2 is 1.71 bits per heavy atom. The van der Waals surface area contributed by atoms with Gasteiger partial charge in [0.1, 0.15) is 0 Å². The third-order valence-corrected chi connectivity index (χ3v) is 10.3. The van der Waals surface area contributed by atoms with E-state index in [0.29, 0.717) is 19.3 Å². The number of ether oxygens (including phenoxy) is 2. The van der Waals surface area contributed by atoms with Crippen molar-refractivity contribution >= 4 is 29.2 Å². The first kappa shape index (κ1) is 30.2. The van der Waals surface area contributed by atoms with E-state index >= 15 is 0 Å². The molecule has 8 heteroatoms. The van der Waals surface area contributed by atoms with Gasteiger partial charge in [-0.15, -0.1) is 0 Å². The van der Waals surface area contributed by atoms with E-state index < -0.39 is 29.6 Å². The van der Waals surface area contributed by atoms with E-state index in [1.165, 1.54) is 18.1 Å². The summed E-state index contributed by atoms with van der Waals surface area (Å²) in [5.41, 5.74) is 4.27. The lowest BCUT2D eigenvalue weighted by Gasteiger charge is -2.52. The quantitative estimate of drug-likeness (QED) is 0.414. The van der Waals surface area contributed by atoms with Crippen molar-refractivity contribution in [2.24, 2.45) is 17.3 Å². The second-order valence-electron chi connectivity index (χ2n) is 13.3. The maximum Gasteiger partial charge on any atom is 0.320 e. The standard InChI is InChI=1S/C34H44N2O6/c1-21(37)42-34(30(39)20-41-31(40)19-35(3)4)16-14-29-26-12-9-23-17-25(38)18-28(22-7-10-24(11-8-22)36(5)6)32(23)27(26)13-15-33(29,34)2/h7-8,10-11,17,26,28-29H,9,12-16,18-20H2,1-6H3/t26-,28?,29+,33+,34+/m1/s1. The lowest BCUT2D eigenvalue weighted by Crippen LogP contribution is -2.57. The summed E-state index contributed by atoms with van der Waals surface area (Å²) in [4.78, 5) is 55.2. The largest absolute Gasteiger partial charge is 0.457 e. The van der Waals surface area contributed by atoms with E-state index in [4.69, 9.17) is 9.47 Å². The monoisotopic (exact) mass is 576 g/mol. The molecule has 0 spiro atoms. The summed E-state index contributed by atoms with van der Waals surface area (Å²) < 4.78 is 11.4. The highest BCUT2D eigenvalue weighted by atomic mass is 16.6. The lowest BCUT2D eigenvalue weighted by molar-refractivity contribution is -0.186. The second-order valence-corrected chi connectivity index (χ2v) is 13.3. The molecule has 1 aromatic carbocycles. The van der Waals surface area contributed by atoms with Crippen LogP contribution in [0.5, 0.6) is 0 Å². The average molecular weight is 577 g/mol. The summed E-state index contributed by atoms with van der Waals surface area (Å²) in [6.45, 7) is 3.12. The van der Waals surface area contributed by atoms with Crippen molar-refractivity contribution in [3.05, 3.63) is 52.6 Å². The number of likely N-dealkylation sites (N-methyl/N-ethyl adjacent to an activating group) is 1. The molecule has 0 saturated heterocycles. The van der Waals surface area contributed by atoms with Gasteiger partial charge in [0.25, 0.3) is 0 Å². The van der Waals surface area contributed by atoms with E-state index in [1.54, 1.807) is 19.0 Å². The Bertz CT molecular complexity index is 1340. The Labute approximate surface area is 249 Å². The highest BCUT2D eigenvalue weighted by Crippen LogP contribution is 2.65. The highest BCUT2D eigenvalue weighted by Gasteiger charge is 2.66. The first-order valence-electron chi connectivity index (χ1n) is 15.1. The molecule has 5 rings (SSSR count). The first-order chi connectivity index (χ1) is 19.9. The highest BCUT2D eigenvalue weighted by molar-refractivity contribution is 5.95. The molecule has 0 heterocycles. The zero-order chi connectivity index (χ0) is 30.4. The predicted molar refractivity (Wildman–Crippen MR) is 160 cm³/mol. The predicted octanol–water partition coefficient (Wildman–Crippen LogP) is 4.63. The SMILES string of the molecule is CC(=O)O[C@]1(C(=O)COC(=O)CN(C)C)CC[C@H]2[C@@H]3CCC4=CC(=O)CC(c5ccc(N(C)C)cc5)C4=C3CC[C@@]21C. The smallest absolute Gasteiger partial charge is 0.320 e. The number of benzene rings is 1. The number of carbonyl (C=O) groups excluding carboxylic acids is 4. The average Bonchev–Trinajstić information content (AvgIpc) is 3.23. The fourth-order valence-corrected chi connectivity index (χ4v) is 8.42. The lowest BCUT2D eigenvalue weighted by atomic mass is 9.53. The van der Waals surface area contributed by atoms with E-state index in [0.717, 1.165) is 42.5 Å². The molecule has 4 aliphatic carbocycles. The number of hydrogen-bond donors (Lipinski definition) is 0. The van der Waals surface area contributed by atoms with E-state index in [-0.39, 0.29) is 35.9 Å². The number of fused-ring (bicyclic) bond motifs is 4. The number of ketones is 2. The molecule has 0 aromatic heterocycles. The molecule has 8 nitrogen and oxygen atoms in total. The minimum Gasteiger partial charge on any atom is -0.457 e. The molecule has 2 saturated carbocycles. The van der Waals surface area contributed by atoms with Crippen molar-refractivity contribution in [1.29, 1.82) is 0 Å². The topological polar surface area (TPSA) is 93.2 Å². The number of esters is 2. The molecular formula is C34H44N2O6. The van der Waals surface area contributed by atoms with Crippen LogP contribution in [-0.2, 0) is 28.7 Å². The molecule has 0 aliphatic heterocycles. The second kappa shape index (κ2) is 11.4. The molecule has 2 fully saturated rings. The number of nitrogens with zero attached hydrogens (tertiary/aromatic N) is 2. The van der Waals surface area contributed by atoms with Gasteiger partial charge in [-0.25, -0.2) is 0 Å². The van der Waals surface area contributed by atoms with Gasteiger partial charge in [-0.05, 0) is 99.4 Å². The van der Waals surface area contributed by atoms with Gasteiger partial charge in [0.05, 0.1) is 6.54 Å². The van der Waals surface area contributed by atoms with Gasteiger partial charge in [-0.3, -0.25) is 24.1 Å². The van der Waals surface area contributed by atoms with Crippen molar-refractivity contribution in [3.63, 3.8) is 0 Å². The summed E-state index contributed by atoms with van der Waals surface area (Å²) in [6.07, 6.45) is 6.70. The number of allylic oxidation sites excluding steroid dienone is 4. The van der Waals surface area contributed by atoms with Crippen LogP contribution in [0.25, 0.3) is 0 Å². The third-order valence-electron chi connectivity index (χ3n) is 10.3. The summed E-state index contributed by atoms with van der Waals surface area (Å²) >= 11 is 0. The van der Waals surface area contributed by atoms with Gasteiger partial charge >= 0.3 is 11.9 Å². The fraction of sp³-hybridized carbons (Fsp3) is 0.588. The minimum atomic E-state index is -1.32. The summed E-state index contributed by atoms with van der Waals surface area (Å²) in [7, 11) is 7.56. The zero-order valence-corrected chi connectivity index (χ0v) is 25.8. The summed E-state index contributed by atoms with van der Waals surface area (Å²) in [5, 5.41) is 0. The van der Waals surface area contributed by atoms with Crippen LogP contribution in [0.15, 0.2) is 47.1 Å². The van der Waals surface area contributed by atoms with Gasteiger partial charge in [0.2, 0.25) is 5.78 Å². The Morgan fingerprint density at radius 3 is 2.36 bits per heavy atom. The molecule has 42 heavy (non-hydrogen) atoms. The Kier molecular flexibility index (Phi) is 8.23. The normalized spacial score (nSPS) is 30.2. The van der Waals surface area contributed by atoms with Crippen LogP contribution in [-0.4, -0.2) is 75.3 Å². The number of rotatable bonds is 8. The van der Waals surface area contributed by atoms with E-state index in [1.807, 2.05) is 20.2 Å². The van der Waals surface area contributed by atoms with Crippen LogP contribution < -0.4 is 4.90 Å². The van der Waals surface area contributed by atoms with Crippen LogP contribution in [0.4, 0.5) is 5.69 Å². The number of Topliss-reactive ketones (excluding diaryl/α,β-unsaturated/α-hetero) is 1. The Balaban J connectivity index is 1.49. The van der Waals surface area contributed by atoms with Gasteiger partial charge < -0.3 is 14.4 Å². The molecule has 5 atom stereocenters. The van der Waals surface area contributed by atoms with Crippen molar-refractivity contribution in [1.82, 2.24) is 4.90 Å². The molecule has 1 aromatic rings. The van der Waals surface area contributed by atoms with Crippen LogP contribution in [0.1, 0.15) is 70.3 Å².